The van der Waals surface area contributed by atoms with Gasteiger partial charge >= 0.3 is 6.09 Å². The van der Waals surface area contributed by atoms with Crippen molar-refractivity contribution in [3.05, 3.63) is 71.8 Å². The highest BCUT2D eigenvalue weighted by molar-refractivity contribution is 5.89. The third-order valence-electron chi connectivity index (χ3n) is 8.00. The number of rotatable bonds is 17. The van der Waals surface area contributed by atoms with Crippen LogP contribution in [0.1, 0.15) is 59.1 Å². The minimum Gasteiger partial charge on any atom is -0.465 e. The van der Waals surface area contributed by atoms with E-state index in [2.05, 4.69) is 16.0 Å². The molecule has 0 bridgehead atoms. The Morgan fingerprint density at radius 3 is 1.73 bits per heavy atom. The van der Waals surface area contributed by atoms with Gasteiger partial charge in [0.25, 0.3) is 0 Å². The number of aliphatic hydroxyl groups is 2. The maximum absolute atomic E-state index is 13.4. The van der Waals surface area contributed by atoms with E-state index in [0.29, 0.717) is 0 Å². The van der Waals surface area contributed by atoms with Gasteiger partial charge in [-0.15, -0.1) is 0 Å². The minimum absolute atomic E-state index is 0.00284. The first-order valence-electron chi connectivity index (χ1n) is 15.5. The summed E-state index contributed by atoms with van der Waals surface area (Å²) in [5.41, 5.74) is 1.57. The lowest BCUT2D eigenvalue weighted by Crippen LogP contribution is -2.55. The highest BCUT2D eigenvalue weighted by atomic mass is 16.4. The monoisotopic (exact) mass is 626 g/mol. The average Bonchev–Trinajstić information content (AvgIpc) is 3.00. The van der Waals surface area contributed by atoms with Crippen LogP contribution >= 0.6 is 0 Å². The molecule has 6 atom stereocenters. The molecule has 6 N–H and O–H groups in total. The molecule has 2 aromatic rings. The van der Waals surface area contributed by atoms with Gasteiger partial charge in [-0.2, -0.15) is 0 Å². The number of amides is 4. The molecule has 0 aliphatic rings. The number of carbonyl (C=O) groups is 4. The zero-order valence-electron chi connectivity index (χ0n) is 27.1. The summed E-state index contributed by atoms with van der Waals surface area (Å²) in [4.78, 5) is 52.7. The van der Waals surface area contributed by atoms with Crippen molar-refractivity contribution < 1.29 is 34.5 Å². The lowest BCUT2D eigenvalue weighted by atomic mass is 9.92. The molecule has 0 radical (unpaired) electrons. The molecule has 4 amide bonds. The van der Waals surface area contributed by atoms with E-state index in [1.807, 2.05) is 50.2 Å². The molecular formula is C34H50N4O7. The Kier molecular flexibility index (Phi) is 15.0. The van der Waals surface area contributed by atoms with Crippen molar-refractivity contribution in [3.63, 3.8) is 0 Å². The normalized spacial score (nSPS) is 15.3. The number of nitrogens with one attached hydrogen (secondary N) is 3. The number of aliphatic hydroxyl groups excluding tert-OH is 2. The van der Waals surface area contributed by atoms with Gasteiger partial charge in [-0.3, -0.25) is 19.3 Å². The number of carbonyl (C=O) groups excluding carboxylic acids is 3. The third kappa shape index (κ3) is 11.8. The predicted octanol–water partition coefficient (Wildman–Crippen LogP) is 2.94. The number of benzene rings is 2. The Bertz CT molecular complexity index is 1230. The van der Waals surface area contributed by atoms with Crippen LogP contribution in [0.5, 0.6) is 0 Å². The molecule has 0 fully saturated rings. The summed E-state index contributed by atoms with van der Waals surface area (Å²) in [5, 5.41) is 39.2. The lowest BCUT2D eigenvalue weighted by Gasteiger charge is -2.31. The topological polar surface area (TPSA) is 168 Å². The van der Waals surface area contributed by atoms with Gasteiger partial charge in [0.1, 0.15) is 12.1 Å². The fraction of sp³-hybridized carbons (Fsp3) is 0.529. The lowest BCUT2D eigenvalue weighted by molar-refractivity contribution is -0.133. The van der Waals surface area contributed by atoms with Crippen molar-refractivity contribution in [1.29, 1.82) is 0 Å². The highest BCUT2D eigenvalue weighted by Gasteiger charge is 2.33. The summed E-state index contributed by atoms with van der Waals surface area (Å²) in [7, 11) is 0. The Hall–Kier alpha value is -3.96. The number of hydrogen-bond acceptors (Lipinski definition) is 6. The van der Waals surface area contributed by atoms with Crippen LogP contribution in [0.2, 0.25) is 0 Å². The summed E-state index contributed by atoms with van der Waals surface area (Å²) in [6.07, 6.45) is -2.20. The van der Waals surface area contributed by atoms with E-state index in [-0.39, 0.29) is 37.8 Å². The fourth-order valence-corrected chi connectivity index (χ4v) is 4.91. The quantitative estimate of drug-likeness (QED) is 0.157. The van der Waals surface area contributed by atoms with Gasteiger partial charge < -0.3 is 31.3 Å². The van der Waals surface area contributed by atoms with Gasteiger partial charge in [0, 0.05) is 12.5 Å². The molecule has 0 aliphatic heterocycles. The molecule has 0 aromatic heterocycles. The van der Waals surface area contributed by atoms with Crippen LogP contribution in [0.25, 0.3) is 0 Å². The van der Waals surface area contributed by atoms with E-state index in [0.717, 1.165) is 16.0 Å². The molecule has 0 saturated heterocycles. The highest BCUT2D eigenvalue weighted by Crippen LogP contribution is 2.17. The Morgan fingerprint density at radius 1 is 0.711 bits per heavy atom. The van der Waals surface area contributed by atoms with Crippen LogP contribution < -0.4 is 16.0 Å². The fourth-order valence-electron chi connectivity index (χ4n) is 4.91. The van der Waals surface area contributed by atoms with Gasteiger partial charge in [0.05, 0.1) is 24.8 Å². The first-order valence-corrected chi connectivity index (χ1v) is 15.5. The predicted molar refractivity (Wildman–Crippen MR) is 172 cm³/mol. The zero-order chi connectivity index (χ0) is 33.7. The van der Waals surface area contributed by atoms with E-state index >= 15 is 0 Å². The van der Waals surface area contributed by atoms with E-state index in [9.17, 15) is 34.5 Å². The van der Waals surface area contributed by atoms with Gasteiger partial charge in [0.2, 0.25) is 17.7 Å². The van der Waals surface area contributed by atoms with E-state index in [4.69, 9.17) is 0 Å². The second kappa shape index (κ2) is 18.1. The first-order chi connectivity index (χ1) is 21.2. The summed E-state index contributed by atoms with van der Waals surface area (Å²) in [5.74, 6) is -2.39. The van der Waals surface area contributed by atoms with E-state index in [1.54, 1.807) is 45.0 Å². The van der Waals surface area contributed by atoms with Crippen LogP contribution in [0, 0.1) is 17.8 Å². The second-order valence-corrected chi connectivity index (χ2v) is 12.4. The van der Waals surface area contributed by atoms with Crippen molar-refractivity contribution in [2.24, 2.45) is 17.8 Å². The van der Waals surface area contributed by atoms with Crippen molar-refractivity contribution in [2.75, 3.05) is 6.61 Å². The molecule has 11 nitrogen and oxygen atoms in total. The van der Waals surface area contributed by atoms with Gasteiger partial charge in [-0.25, -0.2) is 4.79 Å². The third-order valence-corrected chi connectivity index (χ3v) is 8.00. The molecule has 45 heavy (non-hydrogen) atoms. The standard InChI is InChI=1S/C34H50N4O7/c1-21(2)28(20-39)36-33(43)30(22(3)4)37-31(41)23(5)17-29(40)27(18-25-13-9-7-10-14-25)35-32(42)24(6)38(34(44)45)19-26-15-11-8-12-16-26/h7-16,21-24,27-30,39-40H,17-20H2,1-6H3,(H,35,42)(H,36,43)(H,37,41)(H,44,45). The molecule has 0 saturated carbocycles. The van der Waals surface area contributed by atoms with E-state index < -0.39 is 60.0 Å². The molecule has 6 unspecified atom stereocenters. The van der Waals surface area contributed by atoms with Crippen molar-refractivity contribution in [2.45, 2.75) is 91.2 Å². The van der Waals surface area contributed by atoms with Crippen LogP contribution in [-0.2, 0) is 27.3 Å². The Labute approximate surface area is 266 Å². The SMILES string of the molecule is CC(CC(O)C(Cc1ccccc1)NC(=O)C(C)N(Cc1ccccc1)C(=O)O)C(=O)NC(C(=O)NC(CO)C(C)C)C(C)C. The maximum Gasteiger partial charge on any atom is 0.408 e. The second-order valence-electron chi connectivity index (χ2n) is 12.4. The minimum atomic E-state index is -1.26. The van der Waals surface area contributed by atoms with Crippen molar-refractivity contribution in [1.82, 2.24) is 20.9 Å². The Morgan fingerprint density at radius 2 is 1.24 bits per heavy atom. The summed E-state index contributed by atoms with van der Waals surface area (Å²) in [6.45, 7) is 10.3. The van der Waals surface area contributed by atoms with Gasteiger partial charge in [-0.1, -0.05) is 95.3 Å². The molecule has 11 heteroatoms. The molecule has 0 aliphatic carbocycles. The summed E-state index contributed by atoms with van der Waals surface area (Å²) < 4.78 is 0. The summed E-state index contributed by atoms with van der Waals surface area (Å²) >= 11 is 0. The number of carboxylic acid groups (broad SMARTS) is 1. The first kappa shape index (κ1) is 37.2. The van der Waals surface area contributed by atoms with E-state index in [1.165, 1.54) is 6.92 Å². The smallest absolute Gasteiger partial charge is 0.408 e. The molecule has 0 spiro atoms. The Balaban J connectivity index is 2.17. The van der Waals surface area contributed by atoms with Crippen molar-refractivity contribution >= 4 is 23.8 Å². The molecule has 0 heterocycles. The largest absolute Gasteiger partial charge is 0.465 e. The van der Waals surface area contributed by atoms with Crippen LogP contribution in [0.3, 0.4) is 0 Å². The summed E-state index contributed by atoms with van der Waals surface area (Å²) in [6, 6.07) is 15.0. The number of hydrogen-bond donors (Lipinski definition) is 6. The van der Waals surface area contributed by atoms with Gasteiger partial charge in [-0.05, 0) is 42.7 Å². The zero-order valence-corrected chi connectivity index (χ0v) is 27.1. The molecule has 2 aromatic carbocycles. The average molecular weight is 627 g/mol. The van der Waals surface area contributed by atoms with Crippen molar-refractivity contribution in [3.8, 4) is 0 Å². The van der Waals surface area contributed by atoms with Crippen LogP contribution in [0.4, 0.5) is 4.79 Å². The molecular weight excluding hydrogens is 576 g/mol. The van der Waals surface area contributed by atoms with Crippen LogP contribution in [0.15, 0.2) is 60.7 Å². The molecule has 248 valence electrons. The maximum atomic E-state index is 13.4. The van der Waals surface area contributed by atoms with Gasteiger partial charge in [0.15, 0.2) is 0 Å². The molecule has 2 rings (SSSR count). The van der Waals surface area contributed by atoms with Crippen LogP contribution in [-0.4, -0.2) is 80.9 Å². The number of nitrogens with zero attached hydrogens (tertiary/aromatic N) is 1.